The van der Waals surface area contributed by atoms with Gasteiger partial charge in [0.15, 0.2) is 5.78 Å². The minimum atomic E-state index is -0.860. The molecule has 7 nitrogen and oxygen atoms in total. The van der Waals surface area contributed by atoms with Crippen molar-refractivity contribution >= 4 is 17.2 Å². The van der Waals surface area contributed by atoms with E-state index in [1.807, 2.05) is 13.8 Å². The van der Waals surface area contributed by atoms with Crippen molar-refractivity contribution in [3.8, 4) is 6.07 Å². The summed E-state index contributed by atoms with van der Waals surface area (Å²) in [7, 11) is 0. The van der Waals surface area contributed by atoms with Gasteiger partial charge in [0.05, 0.1) is 28.2 Å². The molecule has 2 aliphatic rings. The zero-order valence-electron chi connectivity index (χ0n) is 17.6. The zero-order chi connectivity index (χ0) is 23.2. The smallest absolute Gasteiger partial charge is 0.269 e. The van der Waals surface area contributed by atoms with Gasteiger partial charge in [-0.1, -0.05) is 38.1 Å². The molecule has 1 aliphatic heterocycles. The van der Waals surface area contributed by atoms with Crippen molar-refractivity contribution in [2.24, 2.45) is 11.1 Å². The third-order valence-electron chi connectivity index (χ3n) is 5.89. The van der Waals surface area contributed by atoms with Crippen LogP contribution in [0.2, 0.25) is 0 Å². The van der Waals surface area contributed by atoms with E-state index in [1.54, 1.807) is 24.3 Å². The lowest BCUT2D eigenvalue weighted by molar-refractivity contribution is -0.384. The largest absolute Gasteiger partial charge is 0.384 e. The molecule has 1 heterocycles. The number of ketones is 1. The van der Waals surface area contributed by atoms with Gasteiger partial charge in [-0.2, -0.15) is 5.26 Å². The number of allylic oxidation sites excluding steroid dienone is 3. The molecule has 0 bridgehead atoms. The van der Waals surface area contributed by atoms with Gasteiger partial charge >= 0.3 is 0 Å². The minimum absolute atomic E-state index is 0.0124. The van der Waals surface area contributed by atoms with E-state index < -0.39 is 22.1 Å². The van der Waals surface area contributed by atoms with Crippen LogP contribution in [0.25, 0.3) is 0 Å². The van der Waals surface area contributed by atoms with Gasteiger partial charge in [0.25, 0.3) is 5.69 Å². The van der Waals surface area contributed by atoms with Crippen LogP contribution in [0.1, 0.15) is 38.2 Å². The average molecular weight is 432 g/mol. The number of hydrogen-bond donors (Lipinski definition) is 1. The standard InChI is InChI=1S/C24H21FN4O3/c1-24(2)11-19-22(20(30)12-24)21(14-6-5-7-15(10-14)29(31)32)16(13-26)23(27)28(19)18-9-4-3-8-17(18)25/h3-10,21H,11-12,27H2,1-2H3/t21-/m1/s1. The number of carbonyl (C=O) groups is 1. The summed E-state index contributed by atoms with van der Waals surface area (Å²) in [5, 5.41) is 21.3. The number of nitrogens with zero attached hydrogens (tertiary/aromatic N) is 3. The molecule has 0 saturated heterocycles. The molecular weight excluding hydrogens is 411 g/mol. The summed E-state index contributed by atoms with van der Waals surface area (Å²) in [5.74, 6) is -1.57. The van der Waals surface area contributed by atoms with Crippen LogP contribution in [0.3, 0.4) is 0 Å². The van der Waals surface area contributed by atoms with Crippen molar-refractivity contribution < 1.29 is 14.1 Å². The number of para-hydroxylation sites is 1. The number of carbonyl (C=O) groups excluding carboxylic acids is 1. The average Bonchev–Trinajstić information content (AvgIpc) is 2.73. The molecule has 8 heteroatoms. The lowest BCUT2D eigenvalue weighted by Gasteiger charge is -2.43. The molecule has 0 amide bonds. The minimum Gasteiger partial charge on any atom is -0.384 e. The van der Waals surface area contributed by atoms with Gasteiger partial charge in [-0.3, -0.25) is 19.8 Å². The summed E-state index contributed by atoms with van der Waals surface area (Å²) in [5.41, 5.74) is 7.36. The van der Waals surface area contributed by atoms with Crippen LogP contribution in [0.5, 0.6) is 0 Å². The van der Waals surface area contributed by atoms with E-state index in [1.165, 1.54) is 29.2 Å². The highest BCUT2D eigenvalue weighted by Gasteiger charge is 2.45. The monoisotopic (exact) mass is 432 g/mol. The third kappa shape index (κ3) is 3.42. The molecule has 32 heavy (non-hydrogen) atoms. The van der Waals surface area contributed by atoms with Crippen LogP contribution >= 0.6 is 0 Å². The number of hydrogen-bond acceptors (Lipinski definition) is 6. The van der Waals surface area contributed by atoms with Crippen molar-refractivity contribution in [3.05, 3.63) is 92.7 Å². The van der Waals surface area contributed by atoms with E-state index in [2.05, 4.69) is 6.07 Å². The van der Waals surface area contributed by atoms with Crippen molar-refractivity contribution in [3.63, 3.8) is 0 Å². The molecule has 4 rings (SSSR count). The Morgan fingerprint density at radius 3 is 2.59 bits per heavy atom. The summed E-state index contributed by atoms with van der Waals surface area (Å²) < 4.78 is 14.8. The number of halogens is 1. The highest BCUT2D eigenvalue weighted by atomic mass is 19.1. The Hall–Kier alpha value is -3.99. The number of nitro benzene ring substituents is 1. The van der Waals surface area contributed by atoms with Gasteiger partial charge < -0.3 is 5.73 Å². The number of non-ortho nitro benzene ring substituents is 1. The highest BCUT2D eigenvalue weighted by Crippen LogP contribution is 2.50. The molecule has 0 aromatic heterocycles. The maximum Gasteiger partial charge on any atom is 0.269 e. The molecule has 0 spiro atoms. The number of nitriles is 1. The van der Waals surface area contributed by atoms with Crippen LogP contribution in [0, 0.1) is 32.7 Å². The first-order valence-electron chi connectivity index (χ1n) is 10.1. The summed E-state index contributed by atoms with van der Waals surface area (Å²) in [6.07, 6.45) is 0.661. The Morgan fingerprint density at radius 2 is 1.94 bits per heavy atom. The van der Waals surface area contributed by atoms with Gasteiger partial charge in [-0.15, -0.1) is 0 Å². The van der Waals surface area contributed by atoms with E-state index in [0.717, 1.165) is 0 Å². The maximum absolute atomic E-state index is 14.8. The van der Waals surface area contributed by atoms with Crippen molar-refractivity contribution in [2.75, 3.05) is 4.90 Å². The van der Waals surface area contributed by atoms with E-state index in [0.29, 0.717) is 23.3 Å². The van der Waals surface area contributed by atoms with Gasteiger partial charge in [0.1, 0.15) is 11.6 Å². The Bertz CT molecular complexity index is 1260. The number of anilines is 1. The van der Waals surface area contributed by atoms with Crippen LogP contribution in [-0.2, 0) is 4.79 Å². The predicted octanol–water partition coefficient (Wildman–Crippen LogP) is 4.67. The van der Waals surface area contributed by atoms with E-state index >= 15 is 0 Å². The topological polar surface area (TPSA) is 113 Å². The van der Waals surface area contributed by atoms with Crippen LogP contribution < -0.4 is 10.6 Å². The second-order valence-electron chi connectivity index (χ2n) is 8.78. The van der Waals surface area contributed by atoms with Crippen LogP contribution in [0.15, 0.2) is 71.2 Å². The first kappa shape index (κ1) is 21.2. The van der Waals surface area contributed by atoms with Crippen molar-refractivity contribution in [1.29, 1.82) is 5.26 Å². The Morgan fingerprint density at radius 1 is 1.22 bits per heavy atom. The SMILES string of the molecule is CC1(C)CC(=O)C2=C(C1)N(c1ccccc1F)C(N)=C(C#N)[C@H]2c1cccc([N+](=O)[O-])c1. The maximum atomic E-state index is 14.8. The van der Waals surface area contributed by atoms with E-state index in [-0.39, 0.29) is 35.0 Å². The summed E-state index contributed by atoms with van der Waals surface area (Å²) in [6.45, 7) is 3.88. The van der Waals surface area contributed by atoms with Gasteiger partial charge in [-0.05, 0) is 29.5 Å². The predicted molar refractivity (Wildman–Crippen MR) is 117 cm³/mol. The highest BCUT2D eigenvalue weighted by molar-refractivity contribution is 6.01. The fourth-order valence-electron chi connectivity index (χ4n) is 4.57. The van der Waals surface area contributed by atoms with Gasteiger partial charge in [0.2, 0.25) is 0 Å². The number of rotatable bonds is 3. The molecule has 1 atom stereocenters. The fourth-order valence-corrected chi connectivity index (χ4v) is 4.57. The Kier molecular flexibility index (Phi) is 5.05. The number of nitrogens with two attached hydrogens (primary N) is 1. The molecule has 2 aromatic carbocycles. The lowest BCUT2D eigenvalue weighted by atomic mass is 9.68. The Labute approximate surface area is 184 Å². The van der Waals surface area contributed by atoms with E-state index in [9.17, 15) is 24.6 Å². The first-order valence-corrected chi connectivity index (χ1v) is 10.1. The molecular formula is C24H21FN4O3. The molecule has 2 aromatic rings. The molecule has 0 radical (unpaired) electrons. The normalized spacial score (nSPS) is 20.1. The molecule has 0 fully saturated rings. The first-order chi connectivity index (χ1) is 15.1. The molecule has 2 N–H and O–H groups in total. The second-order valence-corrected chi connectivity index (χ2v) is 8.78. The fraction of sp³-hybridized carbons (Fsp3) is 0.250. The summed E-state index contributed by atoms with van der Waals surface area (Å²) >= 11 is 0. The number of Topliss-reactive ketones (excluding diaryl/α,β-unsaturated/α-hetero) is 1. The molecule has 0 unspecified atom stereocenters. The van der Waals surface area contributed by atoms with Gasteiger partial charge in [0, 0.05) is 29.8 Å². The molecule has 1 aliphatic carbocycles. The second kappa shape index (κ2) is 7.61. The van der Waals surface area contributed by atoms with Crippen molar-refractivity contribution in [2.45, 2.75) is 32.6 Å². The number of benzene rings is 2. The third-order valence-corrected chi connectivity index (χ3v) is 5.89. The lowest BCUT2D eigenvalue weighted by Crippen LogP contribution is -2.42. The zero-order valence-corrected chi connectivity index (χ0v) is 17.6. The van der Waals surface area contributed by atoms with Crippen LogP contribution in [0.4, 0.5) is 15.8 Å². The number of nitro groups is 1. The quantitative estimate of drug-likeness (QED) is 0.557. The van der Waals surface area contributed by atoms with Crippen molar-refractivity contribution in [1.82, 2.24) is 0 Å². The molecule has 162 valence electrons. The summed E-state index contributed by atoms with van der Waals surface area (Å²) in [6, 6.07) is 14.0. The molecule has 0 saturated carbocycles. The van der Waals surface area contributed by atoms with Crippen LogP contribution in [-0.4, -0.2) is 10.7 Å². The van der Waals surface area contributed by atoms with Gasteiger partial charge in [-0.25, -0.2) is 4.39 Å². The van der Waals surface area contributed by atoms with E-state index in [4.69, 9.17) is 5.73 Å². The Balaban J connectivity index is 2.02. The summed E-state index contributed by atoms with van der Waals surface area (Å²) in [4.78, 5) is 25.6.